The number of fused-ring (bicyclic) bond motifs is 3. The van der Waals surface area contributed by atoms with E-state index in [0.717, 1.165) is 52.7 Å². The van der Waals surface area contributed by atoms with E-state index in [-0.39, 0.29) is 11.8 Å². The smallest absolute Gasteiger partial charge is 0.233 e. The first kappa shape index (κ1) is 20.6. The molecule has 156 valence electrons. The molecule has 1 amide bonds. The molecule has 0 radical (unpaired) electrons. The fraction of sp³-hybridized carbons (Fsp3) is 0.619. The van der Waals surface area contributed by atoms with Gasteiger partial charge in [0.1, 0.15) is 10.7 Å². The normalized spacial score (nSPS) is 17.7. The topological polar surface area (TPSA) is 63.4 Å². The quantitative estimate of drug-likeness (QED) is 0.534. The minimum atomic E-state index is 0.209. The van der Waals surface area contributed by atoms with Gasteiger partial charge in [0.15, 0.2) is 10.8 Å². The maximum Gasteiger partial charge on any atom is 0.233 e. The maximum absolute atomic E-state index is 12.9. The molecule has 1 saturated heterocycles. The van der Waals surface area contributed by atoms with Crippen LogP contribution in [0, 0.1) is 13.8 Å². The van der Waals surface area contributed by atoms with Gasteiger partial charge in [-0.15, -0.1) is 21.5 Å². The van der Waals surface area contributed by atoms with Crippen LogP contribution >= 0.6 is 23.1 Å². The SMILES string of the molecule is CCC1CCCCN1C(=O)CSc1nnc2c3c(C)c(C)sc3nc(C(C)C)n12. The summed E-state index contributed by atoms with van der Waals surface area (Å²) in [6, 6.07) is 0.385. The van der Waals surface area contributed by atoms with E-state index in [4.69, 9.17) is 4.98 Å². The van der Waals surface area contributed by atoms with Gasteiger partial charge in [-0.25, -0.2) is 4.98 Å². The van der Waals surface area contributed by atoms with Gasteiger partial charge in [0.2, 0.25) is 5.91 Å². The number of aryl methyl sites for hydroxylation is 2. The molecule has 1 aliphatic heterocycles. The molecule has 1 aliphatic rings. The molecule has 4 heterocycles. The van der Waals surface area contributed by atoms with Crippen LogP contribution in [0.3, 0.4) is 0 Å². The van der Waals surface area contributed by atoms with Crippen LogP contribution in [0.25, 0.3) is 15.9 Å². The molecular weight excluding hydrogens is 402 g/mol. The molecule has 8 heteroatoms. The number of carbonyl (C=O) groups excluding carboxylic acids is 1. The number of aromatic nitrogens is 4. The summed E-state index contributed by atoms with van der Waals surface area (Å²) in [5.41, 5.74) is 2.08. The Morgan fingerprint density at radius 1 is 1.28 bits per heavy atom. The summed E-state index contributed by atoms with van der Waals surface area (Å²) in [4.78, 5) is 22.2. The van der Waals surface area contributed by atoms with Crippen LogP contribution in [0.15, 0.2) is 5.16 Å². The van der Waals surface area contributed by atoms with Crippen molar-refractivity contribution in [3.05, 3.63) is 16.3 Å². The molecule has 0 saturated carbocycles. The molecule has 0 N–H and O–H groups in total. The number of thioether (sulfide) groups is 1. The third-order valence-corrected chi connectivity index (χ3v) is 7.94. The number of hydrogen-bond acceptors (Lipinski definition) is 6. The molecule has 3 aromatic rings. The summed E-state index contributed by atoms with van der Waals surface area (Å²) in [7, 11) is 0. The average Bonchev–Trinajstić information content (AvgIpc) is 3.26. The van der Waals surface area contributed by atoms with Crippen molar-refractivity contribution < 1.29 is 4.79 Å². The first-order valence-electron chi connectivity index (χ1n) is 10.5. The van der Waals surface area contributed by atoms with Crippen molar-refractivity contribution in [3.8, 4) is 0 Å². The molecule has 1 unspecified atom stereocenters. The highest BCUT2D eigenvalue weighted by Crippen LogP contribution is 2.35. The zero-order chi connectivity index (χ0) is 20.7. The molecule has 0 spiro atoms. The standard InChI is InChI=1S/C21H29N5OS2/c1-6-15-9-7-8-10-25(15)16(27)11-28-21-24-23-19-17-13(4)14(5)29-20(17)22-18(12(2)3)26(19)21/h12,15H,6-11H2,1-5H3. The Hall–Kier alpha value is -1.67. The molecule has 1 fully saturated rings. The predicted molar refractivity (Wildman–Crippen MR) is 120 cm³/mol. The number of likely N-dealkylation sites (tertiary alicyclic amines) is 1. The van der Waals surface area contributed by atoms with Gasteiger partial charge in [-0.3, -0.25) is 9.20 Å². The van der Waals surface area contributed by atoms with Crippen LogP contribution in [0.1, 0.15) is 68.6 Å². The van der Waals surface area contributed by atoms with Gasteiger partial charge in [0, 0.05) is 23.4 Å². The fourth-order valence-corrected chi connectivity index (χ4v) is 6.04. The first-order chi connectivity index (χ1) is 13.9. The van der Waals surface area contributed by atoms with Crippen LogP contribution in [0.5, 0.6) is 0 Å². The lowest BCUT2D eigenvalue weighted by atomic mass is 10.0. The Kier molecular flexibility index (Phi) is 5.84. The van der Waals surface area contributed by atoms with E-state index < -0.39 is 0 Å². The lowest BCUT2D eigenvalue weighted by molar-refractivity contribution is -0.132. The number of rotatable bonds is 5. The van der Waals surface area contributed by atoms with E-state index in [1.54, 1.807) is 11.3 Å². The van der Waals surface area contributed by atoms with E-state index in [9.17, 15) is 4.79 Å². The summed E-state index contributed by atoms with van der Waals surface area (Å²) in [5, 5.41) is 10.8. The van der Waals surface area contributed by atoms with Gasteiger partial charge < -0.3 is 4.90 Å². The summed E-state index contributed by atoms with van der Waals surface area (Å²) in [5.74, 6) is 1.80. The molecular formula is C21H29N5OS2. The van der Waals surface area contributed by atoms with Crippen LogP contribution in [0.4, 0.5) is 0 Å². The second kappa shape index (κ2) is 8.22. The summed E-state index contributed by atoms with van der Waals surface area (Å²) in [6.07, 6.45) is 4.48. The molecule has 1 atom stereocenters. The van der Waals surface area contributed by atoms with Crippen LogP contribution in [0.2, 0.25) is 0 Å². The summed E-state index contributed by atoms with van der Waals surface area (Å²) in [6.45, 7) is 11.6. The molecule has 0 aromatic carbocycles. The van der Waals surface area contributed by atoms with Gasteiger partial charge in [-0.2, -0.15) is 0 Å². The number of amides is 1. The Labute approximate surface area is 180 Å². The number of nitrogens with zero attached hydrogens (tertiary/aromatic N) is 5. The molecule has 3 aromatic heterocycles. The average molecular weight is 432 g/mol. The van der Waals surface area contributed by atoms with Gasteiger partial charge in [-0.1, -0.05) is 32.5 Å². The second-order valence-electron chi connectivity index (χ2n) is 8.16. The van der Waals surface area contributed by atoms with Crippen molar-refractivity contribution in [2.45, 2.75) is 77.4 Å². The van der Waals surface area contributed by atoms with Crippen molar-refractivity contribution >= 4 is 44.9 Å². The van der Waals surface area contributed by atoms with Crippen molar-refractivity contribution in [3.63, 3.8) is 0 Å². The Morgan fingerprint density at radius 3 is 2.79 bits per heavy atom. The van der Waals surface area contributed by atoms with Crippen molar-refractivity contribution in [2.75, 3.05) is 12.3 Å². The fourth-order valence-electron chi connectivity index (χ4n) is 4.19. The monoisotopic (exact) mass is 431 g/mol. The van der Waals surface area contributed by atoms with Gasteiger partial charge in [0.05, 0.1) is 11.1 Å². The first-order valence-corrected chi connectivity index (χ1v) is 12.3. The third-order valence-electron chi connectivity index (χ3n) is 5.93. The summed E-state index contributed by atoms with van der Waals surface area (Å²) >= 11 is 3.20. The van der Waals surface area contributed by atoms with Gasteiger partial charge in [-0.05, 0) is 45.1 Å². The van der Waals surface area contributed by atoms with Gasteiger partial charge in [0.25, 0.3) is 0 Å². The highest BCUT2D eigenvalue weighted by atomic mass is 32.2. The number of carbonyl (C=O) groups is 1. The van der Waals surface area contributed by atoms with E-state index >= 15 is 0 Å². The molecule has 4 rings (SSSR count). The largest absolute Gasteiger partial charge is 0.339 e. The number of thiophene rings is 1. The lowest BCUT2D eigenvalue weighted by Crippen LogP contribution is -2.44. The number of piperidine rings is 1. The van der Waals surface area contributed by atoms with E-state index in [0.29, 0.717) is 11.8 Å². The van der Waals surface area contributed by atoms with E-state index in [1.165, 1.54) is 28.6 Å². The zero-order valence-corrected chi connectivity index (χ0v) is 19.5. The highest BCUT2D eigenvalue weighted by Gasteiger charge is 2.26. The van der Waals surface area contributed by atoms with Crippen LogP contribution < -0.4 is 0 Å². The molecule has 0 aliphatic carbocycles. The van der Waals surface area contributed by atoms with Crippen molar-refractivity contribution in [1.29, 1.82) is 0 Å². The predicted octanol–water partition coefficient (Wildman–Crippen LogP) is 4.96. The maximum atomic E-state index is 12.9. The highest BCUT2D eigenvalue weighted by molar-refractivity contribution is 7.99. The molecule has 0 bridgehead atoms. The Balaban J connectivity index is 1.67. The van der Waals surface area contributed by atoms with E-state index in [1.807, 2.05) is 0 Å². The molecule has 29 heavy (non-hydrogen) atoms. The Morgan fingerprint density at radius 2 is 2.07 bits per heavy atom. The Bertz CT molecular complexity index is 1050. The third kappa shape index (κ3) is 3.65. The van der Waals surface area contributed by atoms with Crippen LogP contribution in [-0.2, 0) is 4.79 Å². The van der Waals surface area contributed by atoms with Crippen LogP contribution in [-0.4, -0.2) is 48.7 Å². The van der Waals surface area contributed by atoms with E-state index in [2.05, 4.69) is 54.1 Å². The van der Waals surface area contributed by atoms with Crippen molar-refractivity contribution in [2.24, 2.45) is 0 Å². The lowest BCUT2D eigenvalue weighted by Gasteiger charge is -2.35. The molecule has 6 nitrogen and oxygen atoms in total. The van der Waals surface area contributed by atoms with Gasteiger partial charge >= 0.3 is 0 Å². The summed E-state index contributed by atoms with van der Waals surface area (Å²) < 4.78 is 2.07. The second-order valence-corrected chi connectivity index (χ2v) is 10.3. The zero-order valence-electron chi connectivity index (χ0n) is 17.9. The minimum absolute atomic E-state index is 0.209. The number of hydrogen-bond donors (Lipinski definition) is 0. The van der Waals surface area contributed by atoms with Crippen molar-refractivity contribution in [1.82, 2.24) is 24.5 Å². The minimum Gasteiger partial charge on any atom is -0.339 e.